The average Bonchev–Trinajstić information content (AvgIpc) is 3.56. The normalized spacial score (nSPS) is 18.2. The Kier molecular flexibility index (Phi) is 7.44. The Bertz CT molecular complexity index is 1060. The van der Waals surface area contributed by atoms with E-state index in [9.17, 15) is 14.4 Å². The molecular weight excluding hydrogens is 456 g/mol. The minimum Gasteiger partial charge on any atom is -0.462 e. The van der Waals surface area contributed by atoms with Gasteiger partial charge in [-0.2, -0.15) is 0 Å². The molecule has 2 aliphatic rings. The molecule has 1 heterocycles. The molecule has 0 saturated heterocycles. The minimum atomic E-state index is -0.382. The smallest absolute Gasteiger partial charge is 0.341 e. The molecule has 0 radical (unpaired) electrons. The van der Waals surface area contributed by atoms with Crippen molar-refractivity contribution in [3.8, 4) is 0 Å². The molecule has 2 N–H and O–H groups in total. The number of esters is 1. The van der Waals surface area contributed by atoms with Crippen LogP contribution in [0.4, 0.5) is 10.7 Å². The van der Waals surface area contributed by atoms with E-state index in [2.05, 4.69) is 17.6 Å². The van der Waals surface area contributed by atoms with Crippen molar-refractivity contribution in [3.05, 3.63) is 40.3 Å². The van der Waals surface area contributed by atoms with Crippen molar-refractivity contribution in [2.45, 2.75) is 63.0 Å². The van der Waals surface area contributed by atoms with E-state index >= 15 is 0 Å². The van der Waals surface area contributed by atoms with Crippen LogP contribution in [0, 0.1) is 11.8 Å². The molecule has 1 saturated carbocycles. The summed E-state index contributed by atoms with van der Waals surface area (Å²) in [5.41, 5.74) is 2.31. The van der Waals surface area contributed by atoms with Gasteiger partial charge in [0.25, 0.3) is 0 Å². The zero-order valence-corrected chi connectivity index (χ0v) is 20.9. The molecular formula is C25H30N2O4S2. The highest BCUT2D eigenvalue weighted by Gasteiger charge is 2.31. The molecule has 2 aliphatic carbocycles. The van der Waals surface area contributed by atoms with Crippen molar-refractivity contribution >= 4 is 51.6 Å². The number of rotatable bonds is 8. The zero-order valence-electron chi connectivity index (χ0n) is 19.2. The van der Waals surface area contributed by atoms with Crippen LogP contribution in [0.25, 0.3) is 0 Å². The first-order valence-electron chi connectivity index (χ1n) is 11.6. The fourth-order valence-electron chi connectivity index (χ4n) is 3.97. The molecule has 2 atom stereocenters. The van der Waals surface area contributed by atoms with Gasteiger partial charge in [0, 0.05) is 21.4 Å². The number of carbonyl (C=O) groups excluding carboxylic acids is 3. The van der Waals surface area contributed by atoms with Gasteiger partial charge >= 0.3 is 5.97 Å². The zero-order chi connectivity index (χ0) is 23.5. The first-order valence-corrected chi connectivity index (χ1v) is 13.3. The number of fused-ring (bicyclic) bond motifs is 1. The van der Waals surface area contributed by atoms with Crippen LogP contribution in [0.5, 0.6) is 0 Å². The third kappa shape index (κ3) is 5.79. The first kappa shape index (κ1) is 23.8. The predicted molar refractivity (Wildman–Crippen MR) is 133 cm³/mol. The molecule has 0 bridgehead atoms. The molecule has 33 heavy (non-hydrogen) atoms. The van der Waals surface area contributed by atoms with Crippen molar-refractivity contribution in [2.24, 2.45) is 11.8 Å². The van der Waals surface area contributed by atoms with Crippen molar-refractivity contribution in [1.29, 1.82) is 0 Å². The Labute approximate surface area is 202 Å². The molecule has 0 spiro atoms. The number of hydrogen-bond donors (Lipinski definition) is 2. The summed E-state index contributed by atoms with van der Waals surface area (Å²) in [4.78, 5) is 39.8. The SMILES string of the molecule is CCOC(=O)c1c(NC(=O)C(C)Sc2cccc(NC(=O)C3CC3)c2)sc2c1CCC(C)C2. The Hall–Kier alpha value is -2.32. The maximum atomic E-state index is 13.0. The fraction of sp³-hybridized carbons (Fsp3) is 0.480. The molecule has 2 aromatic rings. The summed E-state index contributed by atoms with van der Waals surface area (Å²) in [6, 6.07) is 7.56. The van der Waals surface area contributed by atoms with E-state index in [1.807, 2.05) is 31.2 Å². The number of nitrogens with one attached hydrogen (secondary N) is 2. The molecule has 1 aromatic carbocycles. The van der Waals surface area contributed by atoms with Crippen LogP contribution in [0.1, 0.15) is 60.8 Å². The van der Waals surface area contributed by atoms with Gasteiger partial charge in [-0.1, -0.05) is 13.0 Å². The Balaban J connectivity index is 1.45. The predicted octanol–water partition coefficient (Wildman–Crippen LogP) is 5.52. The van der Waals surface area contributed by atoms with E-state index < -0.39 is 0 Å². The van der Waals surface area contributed by atoms with Crippen LogP contribution in [0.15, 0.2) is 29.2 Å². The van der Waals surface area contributed by atoms with Crippen molar-refractivity contribution in [3.63, 3.8) is 0 Å². The summed E-state index contributed by atoms with van der Waals surface area (Å²) in [5.74, 6) is 0.241. The number of anilines is 2. The molecule has 4 rings (SSSR count). The fourth-order valence-corrected chi connectivity index (χ4v) is 6.29. The number of hydrogen-bond acceptors (Lipinski definition) is 6. The number of carbonyl (C=O) groups is 3. The van der Waals surface area contributed by atoms with E-state index in [0.29, 0.717) is 23.1 Å². The second-order valence-electron chi connectivity index (χ2n) is 8.82. The topological polar surface area (TPSA) is 84.5 Å². The van der Waals surface area contributed by atoms with Gasteiger partial charge in [0.2, 0.25) is 11.8 Å². The third-order valence-electron chi connectivity index (χ3n) is 5.96. The first-order chi connectivity index (χ1) is 15.9. The summed E-state index contributed by atoms with van der Waals surface area (Å²) in [5, 5.41) is 6.16. The molecule has 8 heteroatoms. The molecule has 176 valence electrons. The van der Waals surface area contributed by atoms with Crippen molar-refractivity contribution in [2.75, 3.05) is 17.2 Å². The molecule has 1 fully saturated rings. The summed E-state index contributed by atoms with van der Waals surface area (Å²) < 4.78 is 5.30. The maximum absolute atomic E-state index is 13.0. The van der Waals surface area contributed by atoms with Crippen LogP contribution in [-0.4, -0.2) is 29.6 Å². The summed E-state index contributed by atoms with van der Waals surface area (Å²) in [6.45, 7) is 6.14. The van der Waals surface area contributed by atoms with Gasteiger partial charge in [-0.05, 0) is 75.6 Å². The second kappa shape index (κ2) is 10.3. The summed E-state index contributed by atoms with van der Waals surface area (Å²) in [6.07, 6.45) is 4.70. The van der Waals surface area contributed by atoms with Crippen LogP contribution in [0.3, 0.4) is 0 Å². The van der Waals surface area contributed by atoms with Crippen LogP contribution < -0.4 is 10.6 Å². The van der Waals surface area contributed by atoms with E-state index in [1.54, 1.807) is 6.92 Å². The maximum Gasteiger partial charge on any atom is 0.341 e. The Morgan fingerprint density at radius 3 is 2.73 bits per heavy atom. The standard InChI is InChI=1S/C25H30N2O4S2/c1-4-31-25(30)21-19-11-8-14(2)12-20(19)33-24(21)27-22(28)15(3)32-18-7-5-6-17(13-18)26-23(29)16-9-10-16/h5-7,13-16H,4,8-12H2,1-3H3,(H,26,29)(H,27,28). The largest absolute Gasteiger partial charge is 0.462 e. The highest BCUT2D eigenvalue weighted by molar-refractivity contribution is 8.00. The van der Waals surface area contributed by atoms with E-state index in [-0.39, 0.29) is 29.0 Å². The number of benzene rings is 1. The van der Waals surface area contributed by atoms with E-state index in [0.717, 1.165) is 48.3 Å². The van der Waals surface area contributed by atoms with Crippen molar-refractivity contribution < 1.29 is 19.1 Å². The minimum absolute atomic E-state index is 0.0606. The second-order valence-corrected chi connectivity index (χ2v) is 11.3. The Morgan fingerprint density at radius 1 is 1.21 bits per heavy atom. The number of thiophene rings is 1. The van der Waals surface area contributed by atoms with Gasteiger partial charge in [0.1, 0.15) is 5.00 Å². The molecule has 1 aromatic heterocycles. The summed E-state index contributed by atoms with van der Waals surface area (Å²) >= 11 is 2.92. The lowest BCUT2D eigenvalue weighted by molar-refractivity contribution is -0.117. The monoisotopic (exact) mass is 486 g/mol. The van der Waals surface area contributed by atoms with Gasteiger partial charge in [0.05, 0.1) is 17.4 Å². The highest BCUT2D eigenvalue weighted by atomic mass is 32.2. The van der Waals surface area contributed by atoms with Crippen molar-refractivity contribution in [1.82, 2.24) is 0 Å². The summed E-state index contributed by atoms with van der Waals surface area (Å²) in [7, 11) is 0. The lowest BCUT2D eigenvalue weighted by Crippen LogP contribution is -2.23. The van der Waals surface area contributed by atoms with E-state index in [4.69, 9.17) is 4.74 Å². The lowest BCUT2D eigenvalue weighted by Gasteiger charge is -2.18. The number of amides is 2. The van der Waals surface area contributed by atoms with Gasteiger partial charge in [-0.15, -0.1) is 23.1 Å². The lowest BCUT2D eigenvalue weighted by atomic mass is 9.88. The molecule has 0 aliphatic heterocycles. The van der Waals surface area contributed by atoms with Crippen LogP contribution in [0.2, 0.25) is 0 Å². The van der Waals surface area contributed by atoms with E-state index in [1.165, 1.54) is 28.0 Å². The molecule has 6 nitrogen and oxygen atoms in total. The number of thioether (sulfide) groups is 1. The van der Waals surface area contributed by atoms with Gasteiger partial charge in [-0.3, -0.25) is 9.59 Å². The van der Waals surface area contributed by atoms with Gasteiger partial charge in [0.15, 0.2) is 0 Å². The highest BCUT2D eigenvalue weighted by Crippen LogP contribution is 2.40. The van der Waals surface area contributed by atoms with Crippen LogP contribution in [-0.2, 0) is 27.2 Å². The average molecular weight is 487 g/mol. The van der Waals surface area contributed by atoms with Gasteiger partial charge < -0.3 is 15.4 Å². The van der Waals surface area contributed by atoms with Crippen LogP contribution >= 0.6 is 23.1 Å². The molecule has 2 amide bonds. The molecule has 2 unspecified atom stereocenters. The quantitative estimate of drug-likeness (QED) is 0.379. The van der Waals surface area contributed by atoms with Gasteiger partial charge in [-0.25, -0.2) is 4.79 Å². The Morgan fingerprint density at radius 2 is 2.00 bits per heavy atom. The third-order valence-corrected chi connectivity index (χ3v) is 8.22. The number of ether oxygens (including phenoxy) is 1.